The van der Waals surface area contributed by atoms with Gasteiger partial charge in [-0.15, -0.1) is 0 Å². The predicted molar refractivity (Wildman–Crippen MR) is 102 cm³/mol. The van der Waals surface area contributed by atoms with Crippen molar-refractivity contribution in [1.82, 2.24) is 10.6 Å². The highest BCUT2D eigenvalue weighted by Crippen LogP contribution is 2.10. The van der Waals surface area contributed by atoms with Crippen molar-refractivity contribution in [2.75, 3.05) is 13.2 Å². The van der Waals surface area contributed by atoms with Crippen molar-refractivity contribution in [2.24, 2.45) is 11.8 Å². The summed E-state index contributed by atoms with van der Waals surface area (Å²) in [6.07, 6.45) is -6.74. The van der Waals surface area contributed by atoms with Crippen LogP contribution in [-0.2, 0) is 28.7 Å². The molecular formula is C18H32N2O10. The average molecular weight is 436 g/mol. The number of aliphatic hydroxyl groups is 4. The van der Waals surface area contributed by atoms with Crippen LogP contribution in [0.25, 0.3) is 0 Å². The molecule has 6 N–H and O–H groups in total. The van der Waals surface area contributed by atoms with Crippen LogP contribution in [0.15, 0.2) is 0 Å². The molecule has 0 radical (unpaired) electrons. The molecule has 0 aliphatic rings. The highest BCUT2D eigenvalue weighted by atomic mass is 16.6. The second-order valence-electron chi connectivity index (χ2n) is 7.39. The molecule has 12 heteroatoms. The topological polar surface area (TPSA) is 192 Å². The summed E-state index contributed by atoms with van der Waals surface area (Å²) < 4.78 is 9.65. The molecule has 6 atom stereocenters. The van der Waals surface area contributed by atoms with Gasteiger partial charge in [-0.25, -0.2) is 9.59 Å². The van der Waals surface area contributed by atoms with Gasteiger partial charge in [0.1, 0.15) is 49.7 Å². The molecule has 0 heterocycles. The van der Waals surface area contributed by atoms with Crippen molar-refractivity contribution < 1.29 is 49.1 Å². The summed E-state index contributed by atoms with van der Waals surface area (Å²) >= 11 is 0. The number of rotatable bonds is 15. The average Bonchev–Trinajstić information content (AvgIpc) is 2.69. The monoisotopic (exact) mass is 436 g/mol. The molecule has 0 saturated carbocycles. The number of amides is 2. The van der Waals surface area contributed by atoms with Gasteiger partial charge in [-0.2, -0.15) is 0 Å². The number of hydrogen-bond acceptors (Lipinski definition) is 10. The summed E-state index contributed by atoms with van der Waals surface area (Å²) in [6, 6.07) is -1.92. The highest BCUT2D eigenvalue weighted by molar-refractivity contribution is 5.79. The van der Waals surface area contributed by atoms with E-state index in [1.807, 2.05) is 0 Å². The molecule has 30 heavy (non-hydrogen) atoms. The first kappa shape index (κ1) is 27.7. The molecule has 0 aromatic carbocycles. The first-order valence-electron chi connectivity index (χ1n) is 9.42. The second kappa shape index (κ2) is 13.9. The van der Waals surface area contributed by atoms with Crippen molar-refractivity contribution >= 4 is 24.8 Å². The van der Waals surface area contributed by atoms with Gasteiger partial charge in [0.2, 0.25) is 12.8 Å². The van der Waals surface area contributed by atoms with Crippen LogP contribution in [0.5, 0.6) is 0 Å². The van der Waals surface area contributed by atoms with E-state index in [2.05, 4.69) is 10.6 Å². The maximum absolute atomic E-state index is 11.9. The summed E-state index contributed by atoms with van der Waals surface area (Å²) in [4.78, 5) is 44.9. The van der Waals surface area contributed by atoms with Crippen LogP contribution < -0.4 is 10.6 Å². The lowest BCUT2D eigenvalue weighted by Crippen LogP contribution is -2.49. The number of nitrogens with one attached hydrogen (secondary N) is 2. The Bertz CT molecular complexity index is 509. The minimum Gasteiger partial charge on any atom is -0.461 e. The van der Waals surface area contributed by atoms with Gasteiger partial charge in [0.25, 0.3) is 0 Å². The van der Waals surface area contributed by atoms with Gasteiger partial charge in [-0.05, 0) is 11.8 Å². The molecular weight excluding hydrogens is 404 g/mol. The predicted octanol–water partition coefficient (Wildman–Crippen LogP) is -2.94. The quantitative estimate of drug-likeness (QED) is 0.114. The fourth-order valence-electron chi connectivity index (χ4n) is 2.38. The number of hydrogen-bond donors (Lipinski definition) is 6. The van der Waals surface area contributed by atoms with Crippen LogP contribution in [0.1, 0.15) is 27.7 Å². The number of carbonyl (C=O) groups excluding carboxylic acids is 4. The minimum atomic E-state index is -1.93. The molecule has 0 aliphatic heterocycles. The third kappa shape index (κ3) is 9.03. The van der Waals surface area contributed by atoms with E-state index in [1.54, 1.807) is 27.7 Å². The van der Waals surface area contributed by atoms with E-state index in [-0.39, 0.29) is 11.8 Å². The first-order chi connectivity index (χ1) is 14.0. The van der Waals surface area contributed by atoms with E-state index >= 15 is 0 Å². The molecule has 12 nitrogen and oxygen atoms in total. The Morgan fingerprint density at radius 1 is 0.733 bits per heavy atom. The fraction of sp³-hybridized carbons (Fsp3) is 0.778. The van der Waals surface area contributed by atoms with Gasteiger partial charge in [0, 0.05) is 0 Å². The van der Waals surface area contributed by atoms with Crippen LogP contribution in [-0.4, -0.2) is 94.9 Å². The lowest BCUT2D eigenvalue weighted by atomic mass is 10.0. The van der Waals surface area contributed by atoms with Crippen molar-refractivity contribution in [3.8, 4) is 0 Å². The lowest BCUT2D eigenvalue weighted by molar-refractivity contribution is -0.165. The van der Waals surface area contributed by atoms with Crippen molar-refractivity contribution in [2.45, 2.75) is 64.2 Å². The Hall–Kier alpha value is -2.28. The third-order valence-electron chi connectivity index (χ3n) is 4.27. The lowest BCUT2D eigenvalue weighted by Gasteiger charge is -2.27. The zero-order valence-corrected chi connectivity index (χ0v) is 17.4. The molecule has 0 aromatic rings. The molecule has 0 fully saturated rings. The van der Waals surface area contributed by atoms with Gasteiger partial charge in [0.15, 0.2) is 0 Å². The summed E-state index contributed by atoms with van der Waals surface area (Å²) in [5, 5.41) is 44.2. The molecule has 174 valence electrons. The highest BCUT2D eigenvalue weighted by Gasteiger charge is 2.33. The molecule has 0 rings (SSSR count). The maximum Gasteiger partial charge on any atom is 0.328 e. The van der Waals surface area contributed by atoms with Crippen LogP contribution in [0.3, 0.4) is 0 Å². The van der Waals surface area contributed by atoms with Crippen molar-refractivity contribution in [3.05, 3.63) is 0 Å². The van der Waals surface area contributed by atoms with Gasteiger partial charge in [0.05, 0.1) is 0 Å². The Morgan fingerprint density at radius 2 is 1.03 bits per heavy atom. The SMILES string of the molecule is CC(C)[C@H](NC=O)C(=O)OC[C@H](O)[C@H](O)[C@H](O)[C@@H](O)COC(=O)[C@H](NC=O)C(C)C. The summed E-state index contributed by atoms with van der Waals surface area (Å²) in [5.41, 5.74) is 0. The zero-order valence-electron chi connectivity index (χ0n) is 17.4. The summed E-state index contributed by atoms with van der Waals surface area (Å²) in [5.74, 6) is -2.30. The smallest absolute Gasteiger partial charge is 0.328 e. The molecule has 0 aromatic heterocycles. The van der Waals surface area contributed by atoms with Crippen molar-refractivity contribution in [3.63, 3.8) is 0 Å². The van der Waals surface area contributed by atoms with E-state index in [1.165, 1.54) is 0 Å². The van der Waals surface area contributed by atoms with Gasteiger partial charge in [-0.1, -0.05) is 27.7 Å². The molecule has 0 spiro atoms. The van der Waals surface area contributed by atoms with E-state index < -0.39 is 61.7 Å². The number of ether oxygens (including phenoxy) is 2. The van der Waals surface area contributed by atoms with E-state index in [4.69, 9.17) is 9.47 Å². The maximum atomic E-state index is 11.9. The fourth-order valence-corrected chi connectivity index (χ4v) is 2.38. The van der Waals surface area contributed by atoms with Gasteiger partial charge in [-0.3, -0.25) is 9.59 Å². The van der Waals surface area contributed by atoms with E-state index in [0.717, 1.165) is 0 Å². The Morgan fingerprint density at radius 3 is 1.27 bits per heavy atom. The molecule has 0 unspecified atom stereocenters. The molecule has 0 saturated heterocycles. The molecule has 0 aliphatic carbocycles. The largest absolute Gasteiger partial charge is 0.461 e. The van der Waals surface area contributed by atoms with E-state index in [0.29, 0.717) is 12.8 Å². The Labute approximate surface area is 174 Å². The van der Waals surface area contributed by atoms with Crippen LogP contribution in [0, 0.1) is 11.8 Å². The van der Waals surface area contributed by atoms with E-state index in [9.17, 15) is 39.6 Å². The zero-order chi connectivity index (χ0) is 23.4. The first-order valence-corrected chi connectivity index (χ1v) is 9.42. The Kier molecular flexibility index (Phi) is 12.8. The second-order valence-corrected chi connectivity index (χ2v) is 7.39. The van der Waals surface area contributed by atoms with Crippen molar-refractivity contribution in [1.29, 1.82) is 0 Å². The van der Waals surface area contributed by atoms with Crippen LogP contribution in [0.4, 0.5) is 0 Å². The van der Waals surface area contributed by atoms with Gasteiger partial charge >= 0.3 is 11.9 Å². The minimum absolute atomic E-state index is 0.296. The number of aliphatic hydroxyl groups excluding tert-OH is 4. The third-order valence-corrected chi connectivity index (χ3v) is 4.27. The number of esters is 2. The molecule has 0 bridgehead atoms. The number of carbonyl (C=O) groups is 4. The normalized spacial score (nSPS) is 17.3. The van der Waals surface area contributed by atoms with Gasteiger partial charge < -0.3 is 40.5 Å². The van der Waals surface area contributed by atoms with Crippen LogP contribution >= 0.6 is 0 Å². The summed E-state index contributed by atoms with van der Waals surface area (Å²) in [7, 11) is 0. The summed E-state index contributed by atoms with van der Waals surface area (Å²) in [6.45, 7) is 5.19. The molecule has 2 amide bonds. The Balaban J connectivity index is 4.66. The van der Waals surface area contributed by atoms with Crippen LogP contribution in [0.2, 0.25) is 0 Å². The standard InChI is InChI=1S/C18H32N2O10/c1-9(2)13(19-7-21)17(27)29-5-11(23)15(25)16(26)12(24)6-30-18(28)14(10(3)4)20-8-22/h7-16,23-26H,5-6H2,1-4H3,(H,19,21)(H,20,22)/t11-,12-,13-,14+,15-,16+/m0/s1.